The van der Waals surface area contributed by atoms with Gasteiger partial charge in [-0.15, -0.1) is 6.42 Å². The van der Waals surface area contributed by atoms with Gasteiger partial charge in [0.25, 0.3) is 5.91 Å². The molecule has 0 saturated carbocycles. The lowest BCUT2D eigenvalue weighted by atomic mass is 10.0. The zero-order valence-corrected chi connectivity index (χ0v) is 14.0. The summed E-state index contributed by atoms with van der Waals surface area (Å²) in [6, 6.07) is 6.55. The van der Waals surface area contributed by atoms with Gasteiger partial charge in [-0.3, -0.25) is 4.79 Å². The van der Waals surface area contributed by atoms with E-state index in [2.05, 4.69) is 47.9 Å². The maximum absolute atomic E-state index is 11.8. The number of piperidine rings is 1. The number of anilines is 1. The predicted octanol–water partition coefficient (Wildman–Crippen LogP) is 2.85. The van der Waals surface area contributed by atoms with E-state index < -0.39 is 0 Å². The number of benzene rings is 1. The molecule has 0 spiro atoms. The molecule has 1 unspecified atom stereocenters. The molecule has 23 heavy (non-hydrogen) atoms. The monoisotopic (exact) mass is 309 g/mol. The molecule has 0 radical (unpaired) electrons. The second kappa shape index (κ2) is 6.00. The van der Waals surface area contributed by atoms with Crippen LogP contribution in [0.4, 0.5) is 5.69 Å². The Labute approximate surface area is 137 Å². The molecule has 0 bridgehead atoms. The number of nitrogens with one attached hydrogen (secondary N) is 1. The highest BCUT2D eigenvalue weighted by atomic mass is 16.2. The molecule has 3 rings (SSSR count). The molecule has 1 saturated heterocycles. The van der Waals surface area contributed by atoms with Crippen LogP contribution in [0.5, 0.6) is 0 Å². The van der Waals surface area contributed by atoms with E-state index in [-0.39, 0.29) is 11.9 Å². The van der Waals surface area contributed by atoms with Gasteiger partial charge in [0.1, 0.15) is 0 Å². The van der Waals surface area contributed by atoms with Crippen LogP contribution >= 0.6 is 0 Å². The lowest BCUT2D eigenvalue weighted by Gasteiger charge is -2.38. The third-order valence-corrected chi connectivity index (χ3v) is 5.03. The Morgan fingerprint density at radius 3 is 2.96 bits per heavy atom. The Kier molecular flexibility index (Phi) is 4.04. The van der Waals surface area contributed by atoms with Crippen molar-refractivity contribution in [3.63, 3.8) is 0 Å². The number of aryl methyl sites for hydroxylation is 2. The highest BCUT2D eigenvalue weighted by Crippen LogP contribution is 2.33. The van der Waals surface area contributed by atoms with Gasteiger partial charge in [0, 0.05) is 48.5 Å². The number of H-pyrrole nitrogens is 1. The van der Waals surface area contributed by atoms with Crippen molar-refractivity contribution in [2.24, 2.45) is 0 Å². The fourth-order valence-corrected chi connectivity index (χ4v) is 3.54. The van der Waals surface area contributed by atoms with Gasteiger partial charge in [-0.05, 0) is 50.3 Å². The van der Waals surface area contributed by atoms with Crippen LogP contribution in [0.1, 0.15) is 24.1 Å². The van der Waals surface area contributed by atoms with Crippen LogP contribution in [0.15, 0.2) is 18.2 Å². The quantitative estimate of drug-likeness (QED) is 0.867. The summed E-state index contributed by atoms with van der Waals surface area (Å²) in [4.78, 5) is 19.3. The van der Waals surface area contributed by atoms with E-state index in [1.807, 2.05) is 7.05 Å². The van der Waals surface area contributed by atoms with Crippen molar-refractivity contribution in [3.8, 4) is 12.3 Å². The minimum absolute atomic E-state index is 0.169. The van der Waals surface area contributed by atoms with Gasteiger partial charge in [0.05, 0.1) is 0 Å². The zero-order chi connectivity index (χ0) is 16.6. The normalized spacial score (nSPS) is 18.0. The maximum atomic E-state index is 11.8. The third kappa shape index (κ3) is 2.68. The van der Waals surface area contributed by atoms with Crippen LogP contribution < -0.4 is 4.90 Å². The summed E-state index contributed by atoms with van der Waals surface area (Å²) < 4.78 is 0. The fourth-order valence-electron chi connectivity index (χ4n) is 3.54. The number of likely N-dealkylation sites (N-methyl/N-ethyl adjacent to an activating group) is 1. The van der Waals surface area contributed by atoms with E-state index in [9.17, 15) is 4.79 Å². The van der Waals surface area contributed by atoms with E-state index in [0.717, 1.165) is 25.9 Å². The van der Waals surface area contributed by atoms with Crippen molar-refractivity contribution in [1.29, 1.82) is 0 Å². The first-order valence-electron chi connectivity index (χ1n) is 8.09. The van der Waals surface area contributed by atoms with Crippen molar-refractivity contribution < 1.29 is 4.79 Å². The molecule has 1 aromatic carbocycles. The first-order valence-corrected chi connectivity index (χ1v) is 8.09. The number of amides is 1. The first-order chi connectivity index (χ1) is 11.0. The number of nitrogens with zero attached hydrogens (tertiary/aromatic N) is 2. The summed E-state index contributed by atoms with van der Waals surface area (Å²) >= 11 is 0. The van der Waals surface area contributed by atoms with E-state index in [1.54, 1.807) is 4.90 Å². The Morgan fingerprint density at radius 1 is 1.43 bits per heavy atom. The summed E-state index contributed by atoms with van der Waals surface area (Å²) in [5.74, 6) is 1.99. The molecule has 1 atom stereocenters. The second-order valence-electron chi connectivity index (χ2n) is 6.38. The van der Waals surface area contributed by atoms with Crippen LogP contribution in [0, 0.1) is 26.2 Å². The number of aromatic amines is 1. The van der Waals surface area contributed by atoms with Gasteiger partial charge in [0.15, 0.2) is 0 Å². The Bertz CT molecular complexity index is 784. The molecule has 4 heteroatoms. The van der Waals surface area contributed by atoms with Gasteiger partial charge >= 0.3 is 0 Å². The van der Waals surface area contributed by atoms with Gasteiger partial charge in [0.2, 0.25) is 0 Å². The van der Waals surface area contributed by atoms with Crippen molar-refractivity contribution in [3.05, 3.63) is 29.5 Å². The van der Waals surface area contributed by atoms with Crippen molar-refractivity contribution in [2.75, 3.05) is 25.0 Å². The second-order valence-corrected chi connectivity index (χ2v) is 6.38. The summed E-state index contributed by atoms with van der Waals surface area (Å²) in [6.45, 7) is 6.11. The number of carbonyl (C=O) groups is 1. The van der Waals surface area contributed by atoms with Crippen LogP contribution in [0.3, 0.4) is 0 Å². The van der Waals surface area contributed by atoms with Crippen LogP contribution in [-0.4, -0.2) is 42.0 Å². The standard InChI is InChI=1S/C19H23N3O/c1-5-18(23)21(4)15-8-7-11-22(12-15)17-10-6-9-16-19(17)13(2)14(3)20-16/h1,6,9-10,15,20H,7-8,11-12H2,2-4H3. The lowest BCUT2D eigenvalue weighted by molar-refractivity contribution is -0.125. The maximum Gasteiger partial charge on any atom is 0.298 e. The number of hydrogen-bond acceptors (Lipinski definition) is 2. The number of rotatable bonds is 2. The highest BCUT2D eigenvalue weighted by molar-refractivity contribution is 5.96. The number of fused-ring (bicyclic) bond motifs is 1. The van der Waals surface area contributed by atoms with Gasteiger partial charge in [-0.25, -0.2) is 0 Å². The molecule has 1 aliphatic rings. The fraction of sp³-hybridized carbons (Fsp3) is 0.421. The summed E-state index contributed by atoms with van der Waals surface area (Å²) in [7, 11) is 1.81. The highest BCUT2D eigenvalue weighted by Gasteiger charge is 2.26. The molecule has 0 aliphatic carbocycles. The van der Waals surface area contributed by atoms with Crippen molar-refractivity contribution >= 4 is 22.5 Å². The summed E-state index contributed by atoms with van der Waals surface area (Å²) in [5, 5.41) is 1.29. The van der Waals surface area contributed by atoms with Crippen LogP contribution in [0.2, 0.25) is 0 Å². The first kappa shape index (κ1) is 15.5. The summed E-state index contributed by atoms with van der Waals surface area (Å²) in [5.41, 5.74) is 4.93. The minimum Gasteiger partial charge on any atom is -0.369 e. The SMILES string of the molecule is C#CC(=O)N(C)C1CCCN(c2cccc3[nH]c(C)c(C)c23)C1. The zero-order valence-electron chi connectivity index (χ0n) is 14.0. The van der Waals surface area contributed by atoms with E-state index in [4.69, 9.17) is 6.42 Å². The van der Waals surface area contributed by atoms with Gasteiger partial charge in [-0.1, -0.05) is 6.07 Å². The number of carbonyl (C=O) groups excluding carboxylic acids is 1. The number of hydrogen-bond donors (Lipinski definition) is 1. The molecular weight excluding hydrogens is 286 g/mol. The average molecular weight is 309 g/mol. The molecule has 4 nitrogen and oxygen atoms in total. The number of aromatic nitrogens is 1. The molecule has 1 aliphatic heterocycles. The molecular formula is C19H23N3O. The predicted molar refractivity (Wildman–Crippen MR) is 94.6 cm³/mol. The van der Waals surface area contributed by atoms with Crippen molar-refractivity contribution in [2.45, 2.75) is 32.7 Å². The van der Waals surface area contributed by atoms with Crippen LogP contribution in [-0.2, 0) is 4.79 Å². The molecule has 2 heterocycles. The smallest absolute Gasteiger partial charge is 0.298 e. The van der Waals surface area contributed by atoms with Crippen molar-refractivity contribution in [1.82, 2.24) is 9.88 Å². The molecule has 2 aromatic rings. The Hall–Kier alpha value is -2.41. The largest absolute Gasteiger partial charge is 0.369 e. The third-order valence-electron chi connectivity index (χ3n) is 5.03. The van der Waals surface area contributed by atoms with Crippen LogP contribution in [0.25, 0.3) is 10.9 Å². The minimum atomic E-state index is -0.233. The van der Waals surface area contributed by atoms with Gasteiger partial charge in [-0.2, -0.15) is 0 Å². The topological polar surface area (TPSA) is 39.3 Å². The molecule has 1 amide bonds. The average Bonchev–Trinajstić information content (AvgIpc) is 2.88. The lowest BCUT2D eigenvalue weighted by Crippen LogP contribution is -2.48. The molecule has 1 N–H and O–H groups in total. The molecule has 1 aromatic heterocycles. The van der Waals surface area contributed by atoms with E-state index >= 15 is 0 Å². The Morgan fingerprint density at radius 2 is 2.22 bits per heavy atom. The molecule has 120 valence electrons. The molecule has 1 fully saturated rings. The summed E-state index contributed by atoms with van der Waals surface area (Å²) in [6.07, 6.45) is 7.33. The Balaban J connectivity index is 1.93. The van der Waals surface area contributed by atoms with E-state index in [1.165, 1.54) is 27.8 Å². The van der Waals surface area contributed by atoms with E-state index in [0.29, 0.717) is 0 Å². The van der Waals surface area contributed by atoms with Gasteiger partial charge < -0.3 is 14.8 Å². The number of terminal acetylenes is 1.